The average molecular weight is 229 g/mol. The Morgan fingerprint density at radius 1 is 1.64 bits per heavy atom. The van der Waals surface area contributed by atoms with Crippen molar-refractivity contribution in [3.05, 3.63) is 28.5 Å². The van der Waals surface area contributed by atoms with E-state index in [-0.39, 0.29) is 0 Å². The number of nitrogens with one attached hydrogen (secondary N) is 1. The van der Waals surface area contributed by atoms with Crippen LogP contribution in [0.4, 0.5) is 5.13 Å². The van der Waals surface area contributed by atoms with Crippen molar-refractivity contribution in [2.24, 2.45) is 7.05 Å². The van der Waals surface area contributed by atoms with E-state index in [0.717, 1.165) is 10.8 Å². The highest BCUT2D eigenvalue weighted by Crippen LogP contribution is 2.22. The van der Waals surface area contributed by atoms with Crippen LogP contribution in [0.25, 0.3) is 0 Å². The summed E-state index contributed by atoms with van der Waals surface area (Å²) >= 11 is 7.16. The third kappa shape index (κ3) is 2.24. The summed E-state index contributed by atoms with van der Waals surface area (Å²) in [5.74, 6) is 0. The van der Waals surface area contributed by atoms with Gasteiger partial charge in [-0.15, -0.1) is 0 Å². The molecule has 2 aromatic rings. The Labute approximate surface area is 90.5 Å². The topological polar surface area (TPSA) is 42.7 Å². The Bertz CT molecular complexity index is 382. The number of halogens is 1. The van der Waals surface area contributed by atoms with Crippen LogP contribution < -0.4 is 5.32 Å². The van der Waals surface area contributed by atoms with E-state index in [4.69, 9.17) is 11.6 Å². The van der Waals surface area contributed by atoms with Gasteiger partial charge in [0.1, 0.15) is 4.34 Å². The Balaban J connectivity index is 1.94. The van der Waals surface area contributed by atoms with Crippen molar-refractivity contribution in [2.75, 3.05) is 5.32 Å². The Kier molecular flexibility index (Phi) is 2.69. The number of aromatic nitrogens is 3. The van der Waals surface area contributed by atoms with Gasteiger partial charge in [0.25, 0.3) is 0 Å². The van der Waals surface area contributed by atoms with Gasteiger partial charge in [-0.1, -0.05) is 22.9 Å². The van der Waals surface area contributed by atoms with Crippen LogP contribution >= 0.6 is 22.9 Å². The molecule has 0 bridgehead atoms. The van der Waals surface area contributed by atoms with Gasteiger partial charge in [-0.2, -0.15) is 5.10 Å². The molecule has 74 valence electrons. The summed E-state index contributed by atoms with van der Waals surface area (Å²) in [7, 11) is 1.89. The van der Waals surface area contributed by atoms with E-state index in [0.29, 0.717) is 10.9 Å². The van der Waals surface area contributed by atoms with Gasteiger partial charge in [-0.25, -0.2) is 4.98 Å². The van der Waals surface area contributed by atoms with Gasteiger partial charge in [0, 0.05) is 13.2 Å². The number of anilines is 1. The summed E-state index contributed by atoms with van der Waals surface area (Å²) in [4.78, 5) is 4.08. The number of aryl methyl sites for hydroxylation is 1. The van der Waals surface area contributed by atoms with Crippen molar-refractivity contribution in [3.63, 3.8) is 0 Å². The zero-order valence-electron chi connectivity index (χ0n) is 7.57. The first-order valence-electron chi connectivity index (χ1n) is 4.08. The van der Waals surface area contributed by atoms with Crippen molar-refractivity contribution in [1.29, 1.82) is 0 Å². The predicted octanol–water partition coefficient (Wildman–Crippen LogP) is 2.14. The van der Waals surface area contributed by atoms with Crippen molar-refractivity contribution >= 4 is 28.1 Å². The molecule has 0 aliphatic rings. The van der Waals surface area contributed by atoms with Gasteiger partial charge in [-0.05, 0) is 6.07 Å². The highest BCUT2D eigenvalue weighted by Gasteiger charge is 2.00. The van der Waals surface area contributed by atoms with E-state index in [2.05, 4.69) is 15.4 Å². The fourth-order valence-electron chi connectivity index (χ4n) is 1.06. The second-order valence-corrected chi connectivity index (χ2v) is 4.47. The van der Waals surface area contributed by atoms with E-state index >= 15 is 0 Å². The van der Waals surface area contributed by atoms with Crippen LogP contribution in [0, 0.1) is 0 Å². The standard InChI is InChI=1S/C8H9ClN4S/c1-13-3-2-6(12-13)4-10-8-11-5-7(9)14-8/h2-3,5H,4H2,1H3,(H,10,11). The summed E-state index contributed by atoms with van der Waals surface area (Å²) in [6.45, 7) is 0.671. The minimum atomic E-state index is 0.671. The second kappa shape index (κ2) is 3.98. The quantitative estimate of drug-likeness (QED) is 0.876. The molecule has 0 aliphatic carbocycles. The average Bonchev–Trinajstić information content (AvgIpc) is 2.72. The minimum Gasteiger partial charge on any atom is -0.356 e. The number of rotatable bonds is 3. The summed E-state index contributed by atoms with van der Waals surface area (Å²) in [5, 5.41) is 8.19. The van der Waals surface area contributed by atoms with Gasteiger partial charge < -0.3 is 5.32 Å². The zero-order valence-corrected chi connectivity index (χ0v) is 9.14. The van der Waals surface area contributed by atoms with Gasteiger partial charge >= 0.3 is 0 Å². The maximum Gasteiger partial charge on any atom is 0.184 e. The molecule has 0 aromatic carbocycles. The predicted molar refractivity (Wildman–Crippen MR) is 57.7 cm³/mol. The molecule has 0 fully saturated rings. The third-order valence-electron chi connectivity index (χ3n) is 1.67. The molecule has 0 radical (unpaired) electrons. The maximum atomic E-state index is 5.74. The number of hydrogen-bond donors (Lipinski definition) is 1. The lowest BCUT2D eigenvalue weighted by Gasteiger charge is -1.97. The molecule has 0 atom stereocenters. The Morgan fingerprint density at radius 3 is 3.07 bits per heavy atom. The SMILES string of the molecule is Cn1ccc(CNc2ncc(Cl)s2)n1. The Hall–Kier alpha value is -1.07. The first kappa shape index (κ1) is 9.48. The summed E-state index contributed by atoms with van der Waals surface area (Å²) in [6.07, 6.45) is 3.54. The van der Waals surface area contributed by atoms with Crippen LogP contribution in [0.1, 0.15) is 5.69 Å². The summed E-state index contributed by atoms with van der Waals surface area (Å²) < 4.78 is 2.46. The highest BCUT2D eigenvalue weighted by atomic mass is 35.5. The van der Waals surface area contributed by atoms with Crippen LogP contribution in [-0.4, -0.2) is 14.8 Å². The lowest BCUT2D eigenvalue weighted by molar-refractivity contribution is 0.747. The monoisotopic (exact) mass is 228 g/mol. The van der Waals surface area contributed by atoms with Gasteiger partial charge in [0.05, 0.1) is 18.4 Å². The number of hydrogen-bond acceptors (Lipinski definition) is 4. The van der Waals surface area contributed by atoms with Crippen LogP contribution in [0.15, 0.2) is 18.5 Å². The first-order chi connectivity index (χ1) is 6.74. The highest BCUT2D eigenvalue weighted by molar-refractivity contribution is 7.19. The molecule has 6 heteroatoms. The molecule has 0 amide bonds. The van der Waals surface area contributed by atoms with Gasteiger partial charge in [0.15, 0.2) is 5.13 Å². The number of nitrogens with zero attached hydrogens (tertiary/aromatic N) is 3. The third-order valence-corrected chi connectivity index (χ3v) is 2.74. The van der Waals surface area contributed by atoms with Crippen molar-refractivity contribution in [2.45, 2.75) is 6.54 Å². The van der Waals surface area contributed by atoms with E-state index in [9.17, 15) is 0 Å². The molecule has 0 unspecified atom stereocenters. The van der Waals surface area contributed by atoms with E-state index in [1.165, 1.54) is 11.3 Å². The number of thiazole rings is 1. The molecule has 2 aromatic heterocycles. The summed E-state index contributed by atoms with van der Waals surface area (Å²) in [6, 6.07) is 1.96. The molecule has 1 N–H and O–H groups in total. The van der Waals surface area contributed by atoms with Crippen molar-refractivity contribution < 1.29 is 0 Å². The zero-order chi connectivity index (χ0) is 9.97. The molecule has 4 nitrogen and oxygen atoms in total. The molecule has 14 heavy (non-hydrogen) atoms. The molecule has 0 saturated carbocycles. The fourth-order valence-corrected chi connectivity index (χ4v) is 1.87. The van der Waals surface area contributed by atoms with Gasteiger partial charge in [-0.3, -0.25) is 4.68 Å². The molecule has 0 saturated heterocycles. The minimum absolute atomic E-state index is 0.671. The van der Waals surface area contributed by atoms with E-state index in [1.54, 1.807) is 10.9 Å². The lowest BCUT2D eigenvalue weighted by atomic mass is 10.4. The van der Waals surface area contributed by atoms with E-state index < -0.39 is 0 Å². The first-order valence-corrected chi connectivity index (χ1v) is 5.27. The molecule has 2 heterocycles. The normalized spacial score (nSPS) is 10.4. The van der Waals surface area contributed by atoms with Crippen molar-refractivity contribution in [1.82, 2.24) is 14.8 Å². The van der Waals surface area contributed by atoms with Crippen LogP contribution in [0.5, 0.6) is 0 Å². The lowest BCUT2D eigenvalue weighted by Crippen LogP contribution is -2.00. The van der Waals surface area contributed by atoms with Crippen molar-refractivity contribution in [3.8, 4) is 0 Å². The molecular weight excluding hydrogens is 220 g/mol. The Morgan fingerprint density at radius 2 is 2.50 bits per heavy atom. The van der Waals surface area contributed by atoms with Gasteiger partial charge in [0.2, 0.25) is 0 Å². The molecule has 0 spiro atoms. The fraction of sp³-hybridized carbons (Fsp3) is 0.250. The van der Waals surface area contributed by atoms with E-state index in [1.807, 2.05) is 19.3 Å². The molecule has 2 rings (SSSR count). The summed E-state index contributed by atoms with van der Waals surface area (Å²) in [5.41, 5.74) is 0.985. The second-order valence-electron chi connectivity index (χ2n) is 2.80. The largest absolute Gasteiger partial charge is 0.356 e. The smallest absolute Gasteiger partial charge is 0.184 e. The molecular formula is C8H9ClN4S. The van der Waals surface area contributed by atoms with Crippen LogP contribution in [0.2, 0.25) is 4.34 Å². The maximum absolute atomic E-state index is 5.74. The van der Waals surface area contributed by atoms with Crippen LogP contribution in [-0.2, 0) is 13.6 Å². The molecule has 0 aliphatic heterocycles. The van der Waals surface area contributed by atoms with Crippen LogP contribution in [0.3, 0.4) is 0 Å².